The second kappa shape index (κ2) is 9.26. The fourth-order valence-electron chi connectivity index (χ4n) is 3.56. The molecule has 0 aromatic carbocycles. The van der Waals surface area contributed by atoms with Crippen molar-refractivity contribution < 1.29 is 9.59 Å². The van der Waals surface area contributed by atoms with Gasteiger partial charge in [0, 0.05) is 32.0 Å². The third-order valence-corrected chi connectivity index (χ3v) is 5.03. The number of carbonyl (C=O) groups excluding carboxylic acids is 2. The average Bonchev–Trinajstić information content (AvgIpc) is 2.54. The molecule has 23 heavy (non-hydrogen) atoms. The minimum absolute atomic E-state index is 0.190. The molecule has 5 heteroatoms. The predicted octanol–water partition coefficient (Wildman–Crippen LogP) is 1.92. The van der Waals surface area contributed by atoms with Crippen LogP contribution in [-0.2, 0) is 9.59 Å². The van der Waals surface area contributed by atoms with Crippen molar-refractivity contribution in [1.29, 1.82) is 0 Å². The predicted molar refractivity (Wildman–Crippen MR) is 92.0 cm³/mol. The lowest BCUT2D eigenvalue weighted by molar-refractivity contribution is -0.133. The van der Waals surface area contributed by atoms with Gasteiger partial charge < -0.3 is 15.5 Å². The van der Waals surface area contributed by atoms with Crippen LogP contribution in [-0.4, -0.2) is 48.9 Å². The number of rotatable bonds is 6. The Hall–Kier alpha value is -1.10. The van der Waals surface area contributed by atoms with E-state index in [2.05, 4.69) is 24.5 Å². The molecule has 5 nitrogen and oxygen atoms in total. The fourth-order valence-corrected chi connectivity index (χ4v) is 3.56. The summed E-state index contributed by atoms with van der Waals surface area (Å²) in [6.07, 6.45) is 6.47. The molecule has 2 heterocycles. The van der Waals surface area contributed by atoms with Gasteiger partial charge in [-0.1, -0.05) is 13.8 Å². The van der Waals surface area contributed by atoms with Crippen molar-refractivity contribution in [3.8, 4) is 0 Å². The highest BCUT2D eigenvalue weighted by Crippen LogP contribution is 2.18. The van der Waals surface area contributed by atoms with Crippen molar-refractivity contribution in [2.24, 2.45) is 11.8 Å². The van der Waals surface area contributed by atoms with E-state index in [-0.39, 0.29) is 17.9 Å². The van der Waals surface area contributed by atoms with Gasteiger partial charge in [-0.15, -0.1) is 0 Å². The molecule has 2 amide bonds. The first-order valence-corrected chi connectivity index (χ1v) is 9.32. The molecule has 2 saturated heterocycles. The molecule has 2 fully saturated rings. The van der Waals surface area contributed by atoms with Gasteiger partial charge >= 0.3 is 0 Å². The molecule has 0 radical (unpaired) electrons. The summed E-state index contributed by atoms with van der Waals surface area (Å²) in [7, 11) is 0. The van der Waals surface area contributed by atoms with Gasteiger partial charge in [-0.25, -0.2) is 0 Å². The Balaban J connectivity index is 1.61. The van der Waals surface area contributed by atoms with Crippen LogP contribution in [0.15, 0.2) is 0 Å². The van der Waals surface area contributed by atoms with Crippen LogP contribution < -0.4 is 10.6 Å². The lowest BCUT2D eigenvalue weighted by atomic mass is 9.93. The molecule has 132 valence electrons. The molecule has 0 spiro atoms. The average molecular weight is 323 g/mol. The maximum absolute atomic E-state index is 12.1. The molecular formula is C18H33N3O2. The van der Waals surface area contributed by atoms with Crippen LogP contribution in [0, 0.1) is 11.8 Å². The van der Waals surface area contributed by atoms with E-state index in [1.807, 2.05) is 4.90 Å². The zero-order chi connectivity index (χ0) is 16.7. The molecule has 0 aliphatic carbocycles. The molecule has 2 aliphatic heterocycles. The lowest BCUT2D eigenvalue weighted by Crippen LogP contribution is -2.46. The first kappa shape index (κ1) is 18.2. The summed E-state index contributed by atoms with van der Waals surface area (Å²) < 4.78 is 0. The first-order valence-electron chi connectivity index (χ1n) is 9.32. The summed E-state index contributed by atoms with van der Waals surface area (Å²) >= 11 is 0. The largest absolute Gasteiger partial charge is 0.353 e. The number of carbonyl (C=O) groups is 2. The van der Waals surface area contributed by atoms with Crippen LogP contribution in [0.25, 0.3) is 0 Å². The molecule has 0 atom stereocenters. The highest BCUT2D eigenvalue weighted by molar-refractivity contribution is 5.77. The van der Waals surface area contributed by atoms with E-state index >= 15 is 0 Å². The third-order valence-electron chi connectivity index (χ3n) is 5.03. The van der Waals surface area contributed by atoms with Crippen molar-refractivity contribution in [1.82, 2.24) is 15.5 Å². The van der Waals surface area contributed by atoms with E-state index in [4.69, 9.17) is 0 Å². The molecule has 2 N–H and O–H groups in total. The Bertz CT molecular complexity index is 384. The van der Waals surface area contributed by atoms with E-state index in [0.717, 1.165) is 45.4 Å². The molecule has 2 rings (SSSR count). The second-order valence-corrected chi connectivity index (χ2v) is 7.55. The molecule has 0 saturated carbocycles. The van der Waals surface area contributed by atoms with Gasteiger partial charge in [-0.2, -0.15) is 0 Å². The summed E-state index contributed by atoms with van der Waals surface area (Å²) in [5, 5.41) is 6.53. The van der Waals surface area contributed by atoms with Gasteiger partial charge in [-0.3, -0.25) is 9.59 Å². The number of hydrogen-bond donors (Lipinski definition) is 2. The van der Waals surface area contributed by atoms with Gasteiger partial charge in [0.05, 0.1) is 0 Å². The zero-order valence-corrected chi connectivity index (χ0v) is 14.8. The van der Waals surface area contributed by atoms with Crippen molar-refractivity contribution in [3.05, 3.63) is 0 Å². The first-order chi connectivity index (χ1) is 11.0. The van der Waals surface area contributed by atoms with Crippen LogP contribution >= 0.6 is 0 Å². The Labute approximate surface area is 140 Å². The Morgan fingerprint density at radius 2 is 1.78 bits per heavy atom. The van der Waals surface area contributed by atoms with Crippen LogP contribution in [0.4, 0.5) is 0 Å². The van der Waals surface area contributed by atoms with Crippen LogP contribution in [0.5, 0.6) is 0 Å². The smallest absolute Gasteiger partial charge is 0.222 e. The van der Waals surface area contributed by atoms with Gasteiger partial charge in [0.15, 0.2) is 0 Å². The molecule has 0 unspecified atom stereocenters. The van der Waals surface area contributed by atoms with E-state index in [1.165, 1.54) is 12.8 Å². The topological polar surface area (TPSA) is 61.4 Å². The maximum atomic E-state index is 12.1. The number of likely N-dealkylation sites (tertiary alicyclic amines) is 1. The van der Waals surface area contributed by atoms with Gasteiger partial charge in [-0.05, 0) is 57.0 Å². The van der Waals surface area contributed by atoms with Crippen LogP contribution in [0.2, 0.25) is 0 Å². The summed E-state index contributed by atoms with van der Waals surface area (Å²) in [5.74, 6) is 1.57. The second-order valence-electron chi connectivity index (χ2n) is 7.55. The Kier molecular flexibility index (Phi) is 7.34. The summed E-state index contributed by atoms with van der Waals surface area (Å²) in [5.41, 5.74) is 0. The quantitative estimate of drug-likeness (QED) is 0.785. The lowest BCUT2D eigenvalue weighted by Gasteiger charge is -2.33. The fraction of sp³-hybridized carbons (Fsp3) is 0.889. The van der Waals surface area contributed by atoms with Crippen molar-refractivity contribution in [2.45, 2.75) is 64.8 Å². The number of nitrogens with zero attached hydrogens (tertiary/aromatic N) is 1. The number of hydrogen-bond acceptors (Lipinski definition) is 3. The summed E-state index contributed by atoms with van der Waals surface area (Å²) in [6, 6.07) is 0.249. The summed E-state index contributed by atoms with van der Waals surface area (Å²) in [4.78, 5) is 26.1. The van der Waals surface area contributed by atoms with E-state index < -0.39 is 0 Å². The number of piperidine rings is 2. The molecule has 0 aromatic rings. The third kappa shape index (κ3) is 6.50. The summed E-state index contributed by atoms with van der Waals surface area (Å²) in [6.45, 7) is 7.90. The monoisotopic (exact) mass is 323 g/mol. The Morgan fingerprint density at radius 1 is 1.13 bits per heavy atom. The van der Waals surface area contributed by atoms with Gasteiger partial charge in [0.2, 0.25) is 11.8 Å². The van der Waals surface area contributed by atoms with Gasteiger partial charge in [0.25, 0.3) is 0 Å². The van der Waals surface area contributed by atoms with E-state index in [9.17, 15) is 9.59 Å². The Morgan fingerprint density at radius 3 is 2.39 bits per heavy atom. The van der Waals surface area contributed by atoms with Crippen LogP contribution in [0.3, 0.4) is 0 Å². The minimum Gasteiger partial charge on any atom is -0.353 e. The number of amides is 2. The van der Waals surface area contributed by atoms with E-state index in [1.54, 1.807) is 0 Å². The maximum Gasteiger partial charge on any atom is 0.222 e. The standard InChI is InChI=1S/C18H33N3O2/c1-14(2)13-18(23)21-11-7-16(8-12-21)20-17(22)4-3-15-5-9-19-10-6-15/h14-16,19H,3-13H2,1-2H3,(H,20,22). The molecular weight excluding hydrogens is 290 g/mol. The SMILES string of the molecule is CC(C)CC(=O)N1CCC(NC(=O)CCC2CCNCC2)CC1. The number of nitrogens with one attached hydrogen (secondary N) is 2. The molecule has 2 aliphatic rings. The van der Waals surface area contributed by atoms with Crippen molar-refractivity contribution >= 4 is 11.8 Å². The minimum atomic E-state index is 0.190. The van der Waals surface area contributed by atoms with Crippen molar-refractivity contribution in [2.75, 3.05) is 26.2 Å². The molecule has 0 bridgehead atoms. The zero-order valence-electron chi connectivity index (χ0n) is 14.8. The van der Waals surface area contributed by atoms with E-state index in [0.29, 0.717) is 24.7 Å². The molecule has 0 aromatic heterocycles. The highest BCUT2D eigenvalue weighted by atomic mass is 16.2. The normalized spacial score (nSPS) is 20.7. The van der Waals surface area contributed by atoms with Crippen LogP contribution in [0.1, 0.15) is 58.8 Å². The highest BCUT2D eigenvalue weighted by Gasteiger charge is 2.24. The van der Waals surface area contributed by atoms with Crippen molar-refractivity contribution in [3.63, 3.8) is 0 Å². The van der Waals surface area contributed by atoms with Gasteiger partial charge in [0.1, 0.15) is 0 Å².